The van der Waals surface area contributed by atoms with Crippen molar-refractivity contribution in [1.82, 2.24) is 20.1 Å². The van der Waals surface area contributed by atoms with Gasteiger partial charge in [-0.05, 0) is 46.3 Å². The number of halogens is 1. The molecular weight excluding hydrogens is 496 g/mol. The van der Waals surface area contributed by atoms with E-state index in [1.807, 2.05) is 28.8 Å². The number of methoxy groups -OCH3 is 2. The van der Waals surface area contributed by atoms with Crippen LogP contribution in [0.2, 0.25) is 0 Å². The molecule has 0 aliphatic carbocycles. The van der Waals surface area contributed by atoms with Crippen molar-refractivity contribution in [3.05, 3.63) is 58.3 Å². The van der Waals surface area contributed by atoms with Crippen molar-refractivity contribution in [2.45, 2.75) is 18.5 Å². The molecule has 0 unspecified atom stereocenters. The van der Waals surface area contributed by atoms with Crippen molar-refractivity contribution < 1.29 is 19.1 Å². The average molecular weight is 519 g/mol. The SMILES string of the molecule is COc1cccc(-n2c(CCNC(C)=O)nnc2SCC(=O)c2ccc(OC)c(Br)c2)c1. The molecule has 0 fully saturated rings. The highest BCUT2D eigenvalue weighted by Crippen LogP contribution is 2.28. The minimum Gasteiger partial charge on any atom is -0.497 e. The van der Waals surface area contributed by atoms with Gasteiger partial charge in [0.05, 0.1) is 30.1 Å². The molecule has 0 aliphatic heterocycles. The molecule has 8 nitrogen and oxygen atoms in total. The third kappa shape index (κ3) is 5.89. The van der Waals surface area contributed by atoms with Gasteiger partial charge in [0.2, 0.25) is 5.91 Å². The number of nitrogens with zero attached hydrogens (tertiary/aromatic N) is 3. The summed E-state index contributed by atoms with van der Waals surface area (Å²) < 4.78 is 13.2. The van der Waals surface area contributed by atoms with Crippen molar-refractivity contribution in [2.24, 2.45) is 0 Å². The van der Waals surface area contributed by atoms with Crippen LogP contribution in [0.15, 0.2) is 52.1 Å². The Morgan fingerprint density at radius 2 is 1.94 bits per heavy atom. The van der Waals surface area contributed by atoms with Crippen LogP contribution in [-0.2, 0) is 11.2 Å². The fraction of sp³-hybridized carbons (Fsp3) is 0.273. The predicted octanol–water partition coefficient (Wildman–Crippen LogP) is 3.70. The van der Waals surface area contributed by atoms with Crippen LogP contribution < -0.4 is 14.8 Å². The molecule has 168 valence electrons. The number of nitrogens with one attached hydrogen (secondary N) is 1. The summed E-state index contributed by atoms with van der Waals surface area (Å²) in [5.74, 6) is 2.07. The van der Waals surface area contributed by atoms with Crippen LogP contribution >= 0.6 is 27.7 Å². The van der Waals surface area contributed by atoms with Gasteiger partial charge in [0.25, 0.3) is 0 Å². The summed E-state index contributed by atoms with van der Waals surface area (Å²) >= 11 is 4.71. The lowest BCUT2D eigenvalue weighted by Crippen LogP contribution is -2.23. The fourth-order valence-corrected chi connectivity index (χ4v) is 4.37. The van der Waals surface area contributed by atoms with Gasteiger partial charge in [0.15, 0.2) is 10.9 Å². The van der Waals surface area contributed by atoms with Crippen molar-refractivity contribution in [3.8, 4) is 17.2 Å². The lowest BCUT2D eigenvalue weighted by atomic mass is 10.1. The summed E-state index contributed by atoms with van der Waals surface area (Å²) in [5.41, 5.74) is 1.39. The second kappa shape index (κ2) is 11.1. The molecule has 10 heteroatoms. The van der Waals surface area contributed by atoms with Crippen LogP contribution in [0.25, 0.3) is 5.69 Å². The van der Waals surface area contributed by atoms with Gasteiger partial charge in [-0.2, -0.15) is 0 Å². The summed E-state index contributed by atoms with van der Waals surface area (Å²) in [6.45, 7) is 1.90. The number of rotatable bonds is 10. The maximum atomic E-state index is 12.8. The molecule has 1 N–H and O–H groups in total. The summed E-state index contributed by atoms with van der Waals surface area (Å²) in [7, 11) is 3.18. The molecule has 0 atom stereocenters. The van der Waals surface area contributed by atoms with E-state index in [2.05, 4.69) is 31.4 Å². The van der Waals surface area contributed by atoms with Crippen LogP contribution in [0.3, 0.4) is 0 Å². The highest BCUT2D eigenvalue weighted by molar-refractivity contribution is 9.10. The Balaban J connectivity index is 1.83. The molecule has 32 heavy (non-hydrogen) atoms. The zero-order valence-corrected chi connectivity index (χ0v) is 20.3. The Bertz CT molecular complexity index is 1120. The standard InChI is InChI=1S/C22H23BrN4O4S/c1-14(28)24-10-9-21-25-26-22(27(21)16-5-4-6-17(12-16)30-2)32-13-19(29)15-7-8-20(31-3)18(23)11-15/h4-8,11-12H,9-10,13H2,1-3H3,(H,24,28). The molecule has 1 amide bonds. The Hall–Kier alpha value is -2.85. The zero-order chi connectivity index (χ0) is 23.1. The average Bonchev–Trinajstić information content (AvgIpc) is 3.19. The number of carbonyl (C=O) groups excluding carboxylic acids is 2. The second-order valence-electron chi connectivity index (χ2n) is 6.73. The summed E-state index contributed by atoms with van der Waals surface area (Å²) in [6.07, 6.45) is 0.490. The molecule has 0 radical (unpaired) electrons. The molecular formula is C22H23BrN4O4S. The van der Waals surface area contributed by atoms with Gasteiger partial charge in [-0.3, -0.25) is 14.2 Å². The molecule has 1 heterocycles. The molecule has 2 aromatic carbocycles. The molecule has 0 aliphatic rings. The Labute approximate surface area is 198 Å². The van der Waals surface area contributed by atoms with Gasteiger partial charge in [-0.1, -0.05) is 17.8 Å². The summed E-state index contributed by atoms with van der Waals surface area (Å²) in [5, 5.41) is 11.9. The van der Waals surface area contributed by atoms with Gasteiger partial charge in [-0.25, -0.2) is 0 Å². The number of Topliss-reactive ketones (excluding diaryl/α,β-unsaturated/α-hetero) is 1. The maximum absolute atomic E-state index is 12.8. The number of hydrogen-bond donors (Lipinski definition) is 1. The number of thioether (sulfide) groups is 1. The van der Waals surface area contributed by atoms with E-state index in [0.29, 0.717) is 41.0 Å². The van der Waals surface area contributed by atoms with E-state index in [-0.39, 0.29) is 17.4 Å². The first kappa shape index (κ1) is 23.8. The number of benzene rings is 2. The maximum Gasteiger partial charge on any atom is 0.216 e. The van der Waals surface area contributed by atoms with Crippen molar-refractivity contribution in [2.75, 3.05) is 26.5 Å². The first-order chi connectivity index (χ1) is 15.4. The second-order valence-corrected chi connectivity index (χ2v) is 8.53. The van der Waals surface area contributed by atoms with Crippen molar-refractivity contribution in [1.29, 1.82) is 0 Å². The predicted molar refractivity (Wildman–Crippen MR) is 126 cm³/mol. The molecule has 0 saturated carbocycles. The Morgan fingerprint density at radius 3 is 2.62 bits per heavy atom. The fourth-order valence-electron chi connectivity index (χ4n) is 2.97. The monoisotopic (exact) mass is 518 g/mol. The van der Waals surface area contributed by atoms with Crippen LogP contribution in [-0.4, -0.2) is 53.0 Å². The van der Waals surface area contributed by atoms with E-state index < -0.39 is 0 Å². The van der Waals surface area contributed by atoms with Gasteiger partial charge in [0.1, 0.15) is 17.3 Å². The lowest BCUT2D eigenvalue weighted by Gasteiger charge is -2.12. The van der Waals surface area contributed by atoms with Crippen molar-refractivity contribution in [3.63, 3.8) is 0 Å². The van der Waals surface area contributed by atoms with E-state index in [0.717, 1.165) is 10.2 Å². The lowest BCUT2D eigenvalue weighted by molar-refractivity contribution is -0.118. The number of carbonyl (C=O) groups is 2. The van der Waals surface area contributed by atoms with Crippen LogP contribution in [0.4, 0.5) is 0 Å². The van der Waals surface area contributed by atoms with E-state index in [1.54, 1.807) is 32.4 Å². The Kier molecular flexibility index (Phi) is 8.29. The Morgan fingerprint density at radius 1 is 1.12 bits per heavy atom. The van der Waals surface area contributed by atoms with E-state index in [9.17, 15) is 9.59 Å². The minimum atomic E-state index is -0.108. The third-order valence-corrected chi connectivity index (χ3v) is 6.09. The molecule has 3 aromatic rings. The van der Waals surface area contributed by atoms with Gasteiger partial charge < -0.3 is 14.8 Å². The largest absolute Gasteiger partial charge is 0.497 e. The van der Waals surface area contributed by atoms with E-state index in [1.165, 1.54) is 18.7 Å². The van der Waals surface area contributed by atoms with E-state index in [4.69, 9.17) is 9.47 Å². The third-order valence-electron chi connectivity index (χ3n) is 4.54. The normalized spacial score (nSPS) is 10.6. The first-order valence-corrected chi connectivity index (χ1v) is 11.5. The number of ketones is 1. The molecule has 0 spiro atoms. The number of aromatic nitrogens is 3. The molecule has 1 aromatic heterocycles. The topological polar surface area (TPSA) is 95.3 Å². The molecule has 0 bridgehead atoms. The van der Waals surface area contributed by atoms with E-state index >= 15 is 0 Å². The van der Waals surface area contributed by atoms with Gasteiger partial charge in [0, 0.05) is 31.5 Å². The first-order valence-electron chi connectivity index (χ1n) is 9.75. The zero-order valence-electron chi connectivity index (χ0n) is 17.9. The van der Waals surface area contributed by atoms with Crippen LogP contribution in [0.5, 0.6) is 11.5 Å². The summed E-state index contributed by atoms with van der Waals surface area (Å²) in [4.78, 5) is 24.0. The summed E-state index contributed by atoms with van der Waals surface area (Å²) in [6, 6.07) is 12.7. The molecule has 0 saturated heterocycles. The van der Waals surface area contributed by atoms with Gasteiger partial charge >= 0.3 is 0 Å². The highest BCUT2D eigenvalue weighted by Gasteiger charge is 2.17. The smallest absolute Gasteiger partial charge is 0.216 e. The van der Waals surface area contributed by atoms with Gasteiger partial charge in [-0.15, -0.1) is 10.2 Å². The minimum absolute atomic E-state index is 0.0432. The highest BCUT2D eigenvalue weighted by atomic mass is 79.9. The van der Waals surface area contributed by atoms with Crippen LogP contribution in [0.1, 0.15) is 23.1 Å². The number of amides is 1. The number of ether oxygens (including phenoxy) is 2. The quantitative estimate of drug-likeness (QED) is 0.323. The molecule has 3 rings (SSSR count). The van der Waals surface area contributed by atoms with Crippen LogP contribution in [0, 0.1) is 0 Å². The van der Waals surface area contributed by atoms with Crippen molar-refractivity contribution >= 4 is 39.4 Å². The number of hydrogen-bond acceptors (Lipinski definition) is 7.